The van der Waals surface area contributed by atoms with Crippen LogP contribution < -0.4 is 5.73 Å². The second-order valence-electron chi connectivity index (χ2n) is 7.38. The normalized spacial score (nSPS) is 11.5. The quantitative estimate of drug-likeness (QED) is 0.822. The van der Waals surface area contributed by atoms with Gasteiger partial charge >= 0.3 is 5.97 Å². The molecule has 0 atom stereocenters. The van der Waals surface area contributed by atoms with Crippen LogP contribution in [0, 0.1) is 13.8 Å². The Hall–Kier alpha value is -2.24. The van der Waals surface area contributed by atoms with Gasteiger partial charge in [0.1, 0.15) is 5.60 Å². The molecule has 26 heavy (non-hydrogen) atoms. The van der Waals surface area contributed by atoms with Crippen LogP contribution in [0.15, 0.2) is 24.3 Å². The first-order chi connectivity index (χ1) is 12.2. The summed E-state index contributed by atoms with van der Waals surface area (Å²) in [5.41, 5.74) is 10.9. The van der Waals surface area contributed by atoms with E-state index < -0.39 is 11.6 Å². The number of esters is 1. The van der Waals surface area contributed by atoms with Crippen molar-refractivity contribution >= 4 is 5.97 Å². The van der Waals surface area contributed by atoms with E-state index in [-0.39, 0.29) is 6.54 Å². The topological polar surface area (TPSA) is 74.4 Å². The van der Waals surface area contributed by atoms with E-state index in [0.717, 1.165) is 27.9 Å². The summed E-state index contributed by atoms with van der Waals surface area (Å²) in [7, 11) is 1.62. The number of methoxy groups -OCH3 is 1. The molecule has 0 fully saturated rings. The Bertz CT molecular complexity index is 790. The Morgan fingerprint density at radius 2 is 1.77 bits per heavy atom. The van der Waals surface area contributed by atoms with Crippen molar-refractivity contribution in [2.75, 3.05) is 7.11 Å². The number of aryl methyl sites for hydroxylation is 2. The maximum Gasteiger partial charge on any atom is 0.341 e. The first-order valence-corrected chi connectivity index (χ1v) is 8.69. The standard InChI is InChI=1S/C21H28N2O3/c1-13-7-9-15(10-8-13)19-16(11-22)17(12-25-6)23-14(2)18(19)20(24)26-21(3,4)5/h7-10H,11-12,22H2,1-6H3. The Labute approximate surface area is 155 Å². The highest BCUT2D eigenvalue weighted by Gasteiger charge is 2.27. The Kier molecular flexibility index (Phi) is 6.16. The third-order valence-electron chi connectivity index (χ3n) is 3.99. The Balaban J connectivity index is 2.76. The fourth-order valence-electron chi connectivity index (χ4n) is 2.90. The lowest BCUT2D eigenvalue weighted by Crippen LogP contribution is -2.26. The maximum absolute atomic E-state index is 12.9. The van der Waals surface area contributed by atoms with Crippen LogP contribution >= 0.6 is 0 Å². The smallest absolute Gasteiger partial charge is 0.341 e. The van der Waals surface area contributed by atoms with Crippen LogP contribution in [-0.4, -0.2) is 23.7 Å². The van der Waals surface area contributed by atoms with Crippen molar-refractivity contribution in [1.82, 2.24) is 4.98 Å². The Morgan fingerprint density at radius 1 is 1.15 bits per heavy atom. The number of nitrogens with two attached hydrogens (primary N) is 1. The Morgan fingerprint density at radius 3 is 2.27 bits per heavy atom. The van der Waals surface area contributed by atoms with Gasteiger partial charge in [-0.05, 0) is 45.7 Å². The molecule has 1 aromatic carbocycles. The third kappa shape index (κ3) is 4.48. The zero-order valence-electron chi connectivity index (χ0n) is 16.5. The maximum atomic E-state index is 12.9. The van der Waals surface area contributed by atoms with Gasteiger partial charge in [-0.15, -0.1) is 0 Å². The monoisotopic (exact) mass is 356 g/mol. The summed E-state index contributed by atoms with van der Waals surface area (Å²) in [6.07, 6.45) is 0. The summed E-state index contributed by atoms with van der Waals surface area (Å²) < 4.78 is 10.9. The largest absolute Gasteiger partial charge is 0.456 e. The minimum Gasteiger partial charge on any atom is -0.456 e. The van der Waals surface area contributed by atoms with Crippen LogP contribution in [0.25, 0.3) is 11.1 Å². The summed E-state index contributed by atoms with van der Waals surface area (Å²) in [6, 6.07) is 8.02. The summed E-state index contributed by atoms with van der Waals surface area (Å²) in [6.45, 7) is 9.98. The van der Waals surface area contributed by atoms with Crippen LogP contribution in [0.1, 0.15) is 53.6 Å². The van der Waals surface area contributed by atoms with E-state index >= 15 is 0 Å². The van der Waals surface area contributed by atoms with Gasteiger partial charge in [0.25, 0.3) is 0 Å². The average Bonchev–Trinajstić information content (AvgIpc) is 2.53. The molecule has 5 heteroatoms. The van der Waals surface area contributed by atoms with Crippen molar-refractivity contribution in [2.24, 2.45) is 5.73 Å². The molecule has 0 bridgehead atoms. The molecule has 0 spiro atoms. The fraction of sp³-hybridized carbons (Fsp3) is 0.429. The predicted molar refractivity (Wildman–Crippen MR) is 103 cm³/mol. The van der Waals surface area contributed by atoms with Crippen LogP contribution in [-0.2, 0) is 22.6 Å². The molecule has 0 saturated carbocycles. The van der Waals surface area contributed by atoms with Gasteiger partial charge in [0.15, 0.2) is 0 Å². The van der Waals surface area contributed by atoms with Crippen molar-refractivity contribution in [3.05, 3.63) is 52.3 Å². The number of nitrogens with zero attached hydrogens (tertiary/aromatic N) is 1. The molecule has 0 amide bonds. The molecular formula is C21H28N2O3. The third-order valence-corrected chi connectivity index (χ3v) is 3.99. The second-order valence-corrected chi connectivity index (χ2v) is 7.38. The summed E-state index contributed by atoms with van der Waals surface area (Å²) in [5.74, 6) is -0.392. The van der Waals surface area contributed by atoms with Crippen molar-refractivity contribution in [3.8, 4) is 11.1 Å². The number of benzene rings is 1. The highest BCUT2D eigenvalue weighted by molar-refractivity contribution is 5.99. The van der Waals surface area contributed by atoms with E-state index in [2.05, 4.69) is 4.98 Å². The molecule has 0 unspecified atom stereocenters. The molecule has 0 saturated heterocycles. The molecular weight excluding hydrogens is 328 g/mol. The lowest BCUT2D eigenvalue weighted by atomic mass is 9.91. The first kappa shape index (κ1) is 20.1. The lowest BCUT2D eigenvalue weighted by molar-refractivity contribution is 0.00689. The fourth-order valence-corrected chi connectivity index (χ4v) is 2.90. The minimum atomic E-state index is -0.595. The number of aromatic nitrogens is 1. The highest BCUT2D eigenvalue weighted by atomic mass is 16.6. The average molecular weight is 356 g/mol. The van der Waals surface area contributed by atoms with Gasteiger partial charge in [0, 0.05) is 19.2 Å². The summed E-state index contributed by atoms with van der Waals surface area (Å²) in [5, 5.41) is 0. The number of hydrogen-bond donors (Lipinski definition) is 1. The zero-order chi connectivity index (χ0) is 19.5. The molecule has 0 aliphatic carbocycles. The van der Waals surface area contributed by atoms with Crippen molar-refractivity contribution in [2.45, 2.75) is 53.4 Å². The van der Waals surface area contributed by atoms with Gasteiger partial charge in [0.2, 0.25) is 0 Å². The number of rotatable bonds is 5. The SMILES string of the molecule is COCc1nc(C)c(C(=O)OC(C)(C)C)c(-c2ccc(C)cc2)c1CN. The van der Waals surface area contributed by atoms with Crippen molar-refractivity contribution in [1.29, 1.82) is 0 Å². The molecule has 2 rings (SSSR count). The molecule has 0 aliphatic heterocycles. The molecule has 140 valence electrons. The van der Waals surface area contributed by atoms with E-state index in [1.54, 1.807) is 7.11 Å². The zero-order valence-corrected chi connectivity index (χ0v) is 16.5. The minimum absolute atomic E-state index is 0.255. The van der Waals surface area contributed by atoms with E-state index in [9.17, 15) is 4.79 Å². The van der Waals surface area contributed by atoms with Gasteiger partial charge in [0.05, 0.1) is 23.6 Å². The van der Waals surface area contributed by atoms with E-state index in [0.29, 0.717) is 17.9 Å². The van der Waals surface area contributed by atoms with Gasteiger partial charge < -0.3 is 15.2 Å². The van der Waals surface area contributed by atoms with Crippen molar-refractivity contribution in [3.63, 3.8) is 0 Å². The molecule has 0 radical (unpaired) electrons. The highest BCUT2D eigenvalue weighted by Crippen LogP contribution is 2.33. The van der Waals surface area contributed by atoms with Gasteiger partial charge in [-0.25, -0.2) is 4.79 Å². The molecule has 2 aromatic rings. The van der Waals surface area contributed by atoms with Crippen LogP contribution in [0.3, 0.4) is 0 Å². The van der Waals surface area contributed by atoms with Gasteiger partial charge in [-0.2, -0.15) is 0 Å². The molecule has 1 heterocycles. The molecule has 5 nitrogen and oxygen atoms in total. The van der Waals surface area contributed by atoms with Gasteiger partial charge in [-0.1, -0.05) is 29.8 Å². The number of hydrogen-bond acceptors (Lipinski definition) is 5. The van der Waals surface area contributed by atoms with Crippen LogP contribution in [0.4, 0.5) is 0 Å². The molecule has 0 aliphatic rings. The second kappa shape index (κ2) is 7.98. The van der Waals surface area contributed by atoms with Crippen LogP contribution in [0.2, 0.25) is 0 Å². The van der Waals surface area contributed by atoms with Crippen LogP contribution in [0.5, 0.6) is 0 Å². The number of carbonyl (C=O) groups excluding carboxylic acids is 1. The summed E-state index contributed by atoms with van der Waals surface area (Å²) in [4.78, 5) is 17.5. The van der Waals surface area contributed by atoms with Crippen molar-refractivity contribution < 1.29 is 14.3 Å². The van der Waals surface area contributed by atoms with E-state index in [1.807, 2.05) is 58.9 Å². The lowest BCUT2D eigenvalue weighted by Gasteiger charge is -2.23. The predicted octanol–water partition coefficient (Wildman–Crippen LogP) is 3.93. The number of carbonyl (C=O) groups is 1. The van der Waals surface area contributed by atoms with E-state index in [4.69, 9.17) is 15.2 Å². The molecule has 2 N–H and O–H groups in total. The summed E-state index contributed by atoms with van der Waals surface area (Å²) >= 11 is 0. The van der Waals surface area contributed by atoms with Gasteiger partial charge in [-0.3, -0.25) is 4.98 Å². The number of pyridine rings is 1. The van der Waals surface area contributed by atoms with E-state index in [1.165, 1.54) is 0 Å². The first-order valence-electron chi connectivity index (χ1n) is 8.69. The molecule has 1 aromatic heterocycles. The number of ether oxygens (including phenoxy) is 2.